The summed E-state index contributed by atoms with van der Waals surface area (Å²) < 4.78 is 5.70. The van der Waals surface area contributed by atoms with Gasteiger partial charge in [-0.3, -0.25) is 9.69 Å². The first-order chi connectivity index (χ1) is 10.6. The van der Waals surface area contributed by atoms with E-state index in [-0.39, 0.29) is 36.8 Å². The van der Waals surface area contributed by atoms with Crippen LogP contribution in [0.4, 0.5) is 0 Å². The summed E-state index contributed by atoms with van der Waals surface area (Å²) in [5.74, 6) is -0.996. The zero-order valence-electron chi connectivity index (χ0n) is 12.6. The Morgan fingerprint density at radius 1 is 1.27 bits per heavy atom. The molecule has 0 spiro atoms. The van der Waals surface area contributed by atoms with Crippen molar-refractivity contribution in [3.05, 3.63) is 35.9 Å². The monoisotopic (exact) mass is 303 g/mol. The Hall–Kier alpha value is -1.43. The number of hydrogen-bond donors (Lipinski definition) is 2. The quantitative estimate of drug-likeness (QED) is 0.807. The number of ether oxygens (including phenoxy) is 1. The van der Waals surface area contributed by atoms with Gasteiger partial charge in [0.05, 0.1) is 6.61 Å². The molecule has 0 saturated carbocycles. The topological polar surface area (TPSA) is 73.3 Å². The fourth-order valence-electron chi connectivity index (χ4n) is 4.70. The fourth-order valence-corrected chi connectivity index (χ4v) is 4.70. The average molecular weight is 303 g/mol. The molecule has 0 aromatic heterocycles. The summed E-state index contributed by atoms with van der Waals surface area (Å²) in [7, 11) is 2.10. The molecule has 3 heterocycles. The van der Waals surface area contributed by atoms with Crippen molar-refractivity contribution in [1.82, 2.24) is 4.90 Å². The number of aliphatic hydroxyl groups is 1. The van der Waals surface area contributed by atoms with Gasteiger partial charge in [-0.25, -0.2) is 0 Å². The van der Waals surface area contributed by atoms with Gasteiger partial charge in [-0.15, -0.1) is 0 Å². The normalized spacial score (nSPS) is 39.1. The van der Waals surface area contributed by atoms with E-state index in [0.29, 0.717) is 5.56 Å². The third-order valence-electron chi connectivity index (χ3n) is 6.04. The predicted molar refractivity (Wildman–Crippen MR) is 79.6 cm³/mol. The number of morpholine rings is 1. The number of rotatable bonds is 4. The minimum absolute atomic E-state index is 0.0694. The highest BCUT2D eigenvalue weighted by atomic mass is 16.6. The first-order valence-electron chi connectivity index (χ1n) is 7.86. The second-order valence-electron chi connectivity index (χ2n) is 6.83. The van der Waals surface area contributed by atoms with Crippen LogP contribution in [0.15, 0.2) is 30.3 Å². The van der Waals surface area contributed by atoms with E-state index < -0.39 is 11.4 Å². The van der Waals surface area contributed by atoms with Crippen molar-refractivity contribution in [2.45, 2.75) is 42.5 Å². The number of aliphatic hydroxyl groups excluding tert-OH is 1. The highest BCUT2D eigenvalue weighted by Crippen LogP contribution is 2.53. The second-order valence-corrected chi connectivity index (χ2v) is 6.83. The maximum absolute atomic E-state index is 12.2. The fraction of sp³-hybridized carbons (Fsp3) is 0.588. The molecule has 5 nitrogen and oxygen atoms in total. The number of piperidine rings is 1. The SMILES string of the molecule is CN1[C@@H]2CC([C@](CO)(C(=O)O)c3ccccc3)C[C@H]1[C@@H]1O[C@@H]12. The lowest BCUT2D eigenvalue weighted by Crippen LogP contribution is -2.54. The van der Waals surface area contributed by atoms with Crippen LogP contribution in [0.3, 0.4) is 0 Å². The highest BCUT2D eigenvalue weighted by Gasteiger charge is 2.65. The van der Waals surface area contributed by atoms with Crippen LogP contribution in [0.2, 0.25) is 0 Å². The van der Waals surface area contributed by atoms with Crippen molar-refractivity contribution in [3.63, 3.8) is 0 Å². The molecule has 4 rings (SSSR count). The Bertz CT molecular complexity index is 574. The molecule has 1 aromatic rings. The van der Waals surface area contributed by atoms with E-state index in [1.54, 1.807) is 0 Å². The van der Waals surface area contributed by atoms with Gasteiger partial charge in [0, 0.05) is 12.1 Å². The molecule has 6 atom stereocenters. The summed E-state index contributed by atoms with van der Waals surface area (Å²) in [5, 5.41) is 20.0. The van der Waals surface area contributed by atoms with E-state index in [9.17, 15) is 15.0 Å². The number of carboxylic acids is 1. The van der Waals surface area contributed by atoms with Gasteiger partial charge >= 0.3 is 5.97 Å². The van der Waals surface area contributed by atoms with E-state index in [0.717, 1.165) is 12.8 Å². The van der Waals surface area contributed by atoms with E-state index >= 15 is 0 Å². The van der Waals surface area contributed by atoms with E-state index in [1.807, 2.05) is 30.3 Å². The zero-order chi connectivity index (χ0) is 15.5. The molecule has 3 aliphatic heterocycles. The third kappa shape index (κ3) is 1.73. The van der Waals surface area contributed by atoms with Crippen LogP contribution >= 0.6 is 0 Å². The Kier molecular flexibility index (Phi) is 3.08. The Morgan fingerprint density at radius 2 is 1.86 bits per heavy atom. The number of fused-ring (bicyclic) bond motifs is 5. The van der Waals surface area contributed by atoms with Crippen molar-refractivity contribution in [2.75, 3.05) is 13.7 Å². The summed E-state index contributed by atoms with van der Waals surface area (Å²) in [4.78, 5) is 14.5. The minimum Gasteiger partial charge on any atom is -0.481 e. The molecule has 0 radical (unpaired) electrons. The molecule has 22 heavy (non-hydrogen) atoms. The van der Waals surface area contributed by atoms with Crippen LogP contribution in [0.1, 0.15) is 18.4 Å². The number of aliphatic carboxylic acids is 1. The Balaban J connectivity index is 1.72. The van der Waals surface area contributed by atoms with Crippen LogP contribution in [0, 0.1) is 5.92 Å². The van der Waals surface area contributed by atoms with Gasteiger partial charge < -0.3 is 14.9 Å². The van der Waals surface area contributed by atoms with Crippen LogP contribution in [0.5, 0.6) is 0 Å². The van der Waals surface area contributed by atoms with Gasteiger partial charge in [-0.05, 0) is 31.4 Å². The minimum atomic E-state index is -1.21. The molecular weight excluding hydrogens is 282 g/mol. The van der Waals surface area contributed by atoms with Crippen molar-refractivity contribution in [3.8, 4) is 0 Å². The summed E-state index contributed by atoms with van der Waals surface area (Å²) in [6.07, 6.45) is 2.05. The number of epoxide rings is 1. The van der Waals surface area contributed by atoms with Gasteiger partial charge in [0.15, 0.2) is 0 Å². The Morgan fingerprint density at radius 3 is 2.36 bits per heavy atom. The molecule has 3 saturated heterocycles. The molecular formula is C17H21NO4. The van der Waals surface area contributed by atoms with Gasteiger partial charge in [0.25, 0.3) is 0 Å². The predicted octanol–water partition coefficient (Wildman–Crippen LogP) is 0.861. The lowest BCUT2D eigenvalue weighted by atomic mass is 9.65. The van der Waals surface area contributed by atoms with E-state index in [2.05, 4.69) is 11.9 Å². The number of benzene rings is 1. The molecule has 118 valence electrons. The van der Waals surface area contributed by atoms with Crippen molar-refractivity contribution in [1.29, 1.82) is 0 Å². The summed E-state index contributed by atoms with van der Waals surface area (Å²) in [6, 6.07) is 9.75. The smallest absolute Gasteiger partial charge is 0.316 e. The second kappa shape index (κ2) is 4.78. The lowest BCUT2D eigenvalue weighted by Gasteiger charge is -2.45. The maximum atomic E-state index is 12.2. The van der Waals surface area contributed by atoms with Crippen LogP contribution < -0.4 is 0 Å². The van der Waals surface area contributed by atoms with Gasteiger partial charge in [-0.2, -0.15) is 0 Å². The molecule has 0 aliphatic carbocycles. The first kappa shape index (κ1) is 14.2. The van der Waals surface area contributed by atoms with Gasteiger partial charge in [0.1, 0.15) is 17.6 Å². The molecule has 2 N–H and O–H groups in total. The number of likely N-dealkylation sites (N-methyl/N-ethyl adjacent to an activating group) is 1. The first-order valence-corrected chi connectivity index (χ1v) is 7.86. The van der Waals surface area contributed by atoms with Crippen LogP contribution in [-0.2, 0) is 14.9 Å². The van der Waals surface area contributed by atoms with E-state index in [1.165, 1.54) is 0 Å². The lowest BCUT2D eigenvalue weighted by molar-refractivity contribution is -0.150. The third-order valence-corrected chi connectivity index (χ3v) is 6.04. The van der Waals surface area contributed by atoms with E-state index in [4.69, 9.17) is 4.74 Å². The van der Waals surface area contributed by atoms with Gasteiger partial charge in [0.2, 0.25) is 0 Å². The maximum Gasteiger partial charge on any atom is 0.316 e. The molecule has 3 aliphatic rings. The number of carbonyl (C=O) groups is 1. The number of carboxylic acid groups (broad SMARTS) is 1. The van der Waals surface area contributed by atoms with Crippen molar-refractivity contribution < 1.29 is 19.7 Å². The van der Waals surface area contributed by atoms with Crippen molar-refractivity contribution >= 4 is 5.97 Å². The number of hydrogen-bond acceptors (Lipinski definition) is 4. The molecule has 0 amide bonds. The van der Waals surface area contributed by atoms with Gasteiger partial charge in [-0.1, -0.05) is 30.3 Å². The van der Waals surface area contributed by atoms with Crippen LogP contribution in [-0.4, -0.2) is 59.0 Å². The molecule has 1 unspecified atom stereocenters. The summed E-state index contributed by atoms with van der Waals surface area (Å²) in [5.41, 5.74) is -0.510. The largest absolute Gasteiger partial charge is 0.481 e. The Labute approximate surface area is 129 Å². The molecule has 5 heteroatoms. The zero-order valence-corrected chi connectivity index (χ0v) is 12.6. The molecule has 2 bridgehead atoms. The molecule has 3 fully saturated rings. The highest BCUT2D eigenvalue weighted by molar-refractivity contribution is 5.82. The standard InChI is InChI=1S/C17H21NO4/c1-18-12-7-11(8-13(18)15-14(12)22-15)17(9-19,16(20)21)10-5-3-2-4-6-10/h2-6,11-15,19H,7-9H2,1H3,(H,20,21)/t11?,12-,13+,14-,15+,17-/m1/s1. The summed E-state index contributed by atoms with van der Waals surface area (Å²) in [6.45, 7) is -0.365. The summed E-state index contributed by atoms with van der Waals surface area (Å²) >= 11 is 0. The van der Waals surface area contributed by atoms with Crippen molar-refractivity contribution in [2.24, 2.45) is 5.92 Å². The average Bonchev–Trinajstić information content (AvgIpc) is 3.27. The molecule has 1 aromatic carbocycles. The number of nitrogens with zero attached hydrogens (tertiary/aromatic N) is 1. The van der Waals surface area contributed by atoms with Crippen LogP contribution in [0.25, 0.3) is 0 Å².